The molecule has 4 aromatic carbocycles. The molecule has 1 aliphatic rings. The molecule has 0 unspecified atom stereocenters. The van der Waals surface area contributed by atoms with E-state index in [-0.39, 0.29) is 5.78 Å². The van der Waals surface area contributed by atoms with Gasteiger partial charge in [0.1, 0.15) is 0 Å². The zero-order valence-electron chi connectivity index (χ0n) is 16.6. The van der Waals surface area contributed by atoms with Gasteiger partial charge in [-0.15, -0.1) is 11.3 Å². The zero-order chi connectivity index (χ0) is 21.1. The highest BCUT2D eigenvalue weighted by Crippen LogP contribution is 2.50. The average Bonchev–Trinajstić information content (AvgIpc) is 3.22. The Morgan fingerprint density at radius 3 is 2.16 bits per heavy atom. The Balaban J connectivity index is 1.75. The van der Waals surface area contributed by atoms with E-state index in [1.54, 1.807) is 0 Å². The number of hydrogen-bond acceptors (Lipinski definition) is 4. The van der Waals surface area contributed by atoms with Crippen LogP contribution in [0.4, 0.5) is 0 Å². The van der Waals surface area contributed by atoms with Gasteiger partial charge in [-0.25, -0.2) is 4.79 Å². The van der Waals surface area contributed by atoms with Crippen molar-refractivity contribution < 1.29 is 14.3 Å². The number of ketones is 1. The van der Waals surface area contributed by atoms with Crippen LogP contribution < -0.4 is 0 Å². The Labute approximate surface area is 182 Å². The molecule has 0 bridgehead atoms. The summed E-state index contributed by atoms with van der Waals surface area (Å²) in [7, 11) is 1.36. The summed E-state index contributed by atoms with van der Waals surface area (Å²) in [5, 5.41) is 4.09. The van der Waals surface area contributed by atoms with Crippen molar-refractivity contribution in [2.45, 2.75) is 0 Å². The molecule has 0 N–H and O–H groups in total. The molecule has 31 heavy (non-hydrogen) atoms. The topological polar surface area (TPSA) is 43.4 Å². The van der Waals surface area contributed by atoms with E-state index in [1.165, 1.54) is 18.4 Å². The molecule has 1 aromatic heterocycles. The van der Waals surface area contributed by atoms with E-state index in [0.29, 0.717) is 16.7 Å². The molecule has 1 heterocycles. The molecule has 0 spiro atoms. The van der Waals surface area contributed by atoms with Crippen LogP contribution in [0.15, 0.2) is 78.9 Å². The number of hydrogen-bond donors (Lipinski definition) is 0. The fourth-order valence-electron chi connectivity index (χ4n) is 4.60. The van der Waals surface area contributed by atoms with E-state index >= 15 is 0 Å². The number of methoxy groups -OCH3 is 1. The van der Waals surface area contributed by atoms with Crippen LogP contribution in [0, 0.1) is 0 Å². The second-order valence-corrected chi connectivity index (χ2v) is 8.59. The Morgan fingerprint density at radius 1 is 0.742 bits per heavy atom. The molecule has 5 aromatic rings. The van der Waals surface area contributed by atoms with Gasteiger partial charge in [-0.1, -0.05) is 78.9 Å². The Bertz CT molecular complexity index is 1550. The quantitative estimate of drug-likeness (QED) is 0.292. The molecule has 148 valence electrons. The molecule has 0 fully saturated rings. The zero-order valence-corrected chi connectivity index (χ0v) is 17.5. The van der Waals surface area contributed by atoms with Gasteiger partial charge in [0.05, 0.1) is 23.1 Å². The van der Waals surface area contributed by atoms with Crippen molar-refractivity contribution in [3.63, 3.8) is 0 Å². The highest BCUT2D eigenvalue weighted by atomic mass is 32.1. The van der Waals surface area contributed by atoms with Gasteiger partial charge in [-0.3, -0.25) is 4.79 Å². The number of benzene rings is 4. The van der Waals surface area contributed by atoms with Crippen LogP contribution in [-0.4, -0.2) is 18.9 Å². The summed E-state index contributed by atoms with van der Waals surface area (Å²) < 4.78 is 5.16. The molecule has 1 aliphatic carbocycles. The molecule has 0 atom stereocenters. The van der Waals surface area contributed by atoms with Crippen LogP contribution in [0.25, 0.3) is 42.4 Å². The molecule has 0 saturated carbocycles. The highest BCUT2D eigenvalue weighted by molar-refractivity contribution is 7.20. The maximum atomic E-state index is 13.6. The summed E-state index contributed by atoms with van der Waals surface area (Å²) in [5.41, 5.74) is 3.36. The van der Waals surface area contributed by atoms with Crippen LogP contribution in [0.1, 0.15) is 26.3 Å². The minimum absolute atomic E-state index is 0.123. The number of carbonyl (C=O) groups excluding carboxylic acids is 2. The second kappa shape index (κ2) is 6.62. The molecular formula is C27H16O3S. The van der Waals surface area contributed by atoms with Crippen molar-refractivity contribution in [2.24, 2.45) is 0 Å². The minimum Gasteiger partial charge on any atom is -0.465 e. The molecule has 0 radical (unpaired) electrons. The first-order valence-electron chi connectivity index (χ1n) is 9.99. The van der Waals surface area contributed by atoms with Gasteiger partial charge < -0.3 is 4.74 Å². The fraction of sp³-hybridized carbons (Fsp3) is 0.0370. The van der Waals surface area contributed by atoms with Crippen LogP contribution in [0.3, 0.4) is 0 Å². The van der Waals surface area contributed by atoms with Gasteiger partial charge in [0.15, 0.2) is 5.78 Å². The van der Waals surface area contributed by atoms with E-state index in [2.05, 4.69) is 0 Å². The molecule has 0 amide bonds. The number of carbonyl (C=O) groups is 2. The largest absolute Gasteiger partial charge is 0.465 e. The third-order valence-electron chi connectivity index (χ3n) is 5.95. The molecular weight excluding hydrogens is 404 g/mol. The lowest BCUT2D eigenvalue weighted by atomic mass is 9.85. The second-order valence-electron chi connectivity index (χ2n) is 7.57. The fourth-order valence-corrected chi connectivity index (χ4v) is 5.96. The first-order chi connectivity index (χ1) is 15.2. The predicted molar refractivity (Wildman–Crippen MR) is 125 cm³/mol. The molecule has 0 saturated heterocycles. The van der Waals surface area contributed by atoms with E-state index in [4.69, 9.17) is 4.74 Å². The first kappa shape index (κ1) is 18.0. The lowest BCUT2D eigenvalue weighted by Crippen LogP contribution is -2.14. The van der Waals surface area contributed by atoms with E-state index < -0.39 is 5.97 Å². The number of esters is 1. The number of thiophene rings is 1. The standard InChI is InChI=1S/C27H16O3S/c1-30-27(29)23-22-24(28)19-13-5-9-16-10-6-14-20(21(16)19)26(22)31-25(23)18-12-4-8-15-7-2-3-11-17(15)18/h2-14H,1H3. The third kappa shape index (κ3) is 2.46. The van der Waals surface area contributed by atoms with Crippen molar-refractivity contribution in [3.05, 3.63) is 95.6 Å². The first-order valence-corrected chi connectivity index (χ1v) is 10.8. The van der Waals surface area contributed by atoms with Gasteiger partial charge in [0.25, 0.3) is 0 Å². The van der Waals surface area contributed by atoms with Gasteiger partial charge in [0.2, 0.25) is 0 Å². The number of ether oxygens (including phenoxy) is 1. The number of rotatable bonds is 2. The lowest BCUT2D eigenvalue weighted by Gasteiger charge is -2.17. The number of fused-ring (bicyclic) bond motifs is 3. The summed E-state index contributed by atoms with van der Waals surface area (Å²) in [6.07, 6.45) is 0. The van der Waals surface area contributed by atoms with Crippen LogP contribution in [-0.2, 0) is 4.74 Å². The van der Waals surface area contributed by atoms with Crippen LogP contribution in [0.5, 0.6) is 0 Å². The lowest BCUT2D eigenvalue weighted by molar-refractivity contribution is 0.0599. The molecule has 6 rings (SSSR count). The van der Waals surface area contributed by atoms with Crippen molar-refractivity contribution in [1.82, 2.24) is 0 Å². The summed E-state index contributed by atoms with van der Waals surface area (Å²) in [6, 6.07) is 25.9. The maximum Gasteiger partial charge on any atom is 0.340 e. The molecule has 4 heteroatoms. The Morgan fingerprint density at radius 2 is 1.39 bits per heavy atom. The summed E-state index contributed by atoms with van der Waals surface area (Å²) in [4.78, 5) is 28.3. The highest BCUT2D eigenvalue weighted by Gasteiger charge is 2.35. The predicted octanol–water partition coefficient (Wildman–Crippen LogP) is 6.72. The average molecular weight is 420 g/mol. The van der Waals surface area contributed by atoms with Crippen LogP contribution >= 0.6 is 11.3 Å². The van der Waals surface area contributed by atoms with Gasteiger partial charge in [0, 0.05) is 27.0 Å². The van der Waals surface area contributed by atoms with Crippen molar-refractivity contribution >= 4 is 44.6 Å². The van der Waals surface area contributed by atoms with Crippen LogP contribution in [0.2, 0.25) is 0 Å². The summed E-state index contributed by atoms with van der Waals surface area (Å²) in [6.45, 7) is 0. The van der Waals surface area contributed by atoms with Gasteiger partial charge in [-0.2, -0.15) is 0 Å². The monoisotopic (exact) mass is 420 g/mol. The third-order valence-corrected chi connectivity index (χ3v) is 7.21. The van der Waals surface area contributed by atoms with E-state index in [9.17, 15) is 9.59 Å². The van der Waals surface area contributed by atoms with Crippen molar-refractivity contribution in [2.75, 3.05) is 7.11 Å². The van der Waals surface area contributed by atoms with Crippen molar-refractivity contribution in [1.29, 1.82) is 0 Å². The minimum atomic E-state index is -0.486. The maximum absolute atomic E-state index is 13.6. The molecule has 0 aliphatic heterocycles. The van der Waals surface area contributed by atoms with Gasteiger partial charge in [-0.05, 0) is 16.2 Å². The van der Waals surface area contributed by atoms with E-state index in [0.717, 1.165) is 42.4 Å². The summed E-state index contributed by atoms with van der Waals surface area (Å²) >= 11 is 1.49. The smallest absolute Gasteiger partial charge is 0.340 e. The summed E-state index contributed by atoms with van der Waals surface area (Å²) in [5.74, 6) is -0.609. The van der Waals surface area contributed by atoms with E-state index in [1.807, 2.05) is 78.9 Å². The Kier molecular flexibility index (Phi) is 3.86. The SMILES string of the molecule is COC(=O)c1c(-c2cccc3ccccc23)sc2c1C(=O)c1cccc3cccc-2c13. The normalized spacial score (nSPS) is 12.2. The Hall–Kier alpha value is -3.76. The van der Waals surface area contributed by atoms with Crippen molar-refractivity contribution in [3.8, 4) is 20.9 Å². The van der Waals surface area contributed by atoms with Gasteiger partial charge >= 0.3 is 5.97 Å². The molecule has 3 nitrogen and oxygen atoms in total.